The number of aryl methyl sites for hydroxylation is 2. The maximum atomic E-state index is 12.2. The van der Waals surface area contributed by atoms with E-state index in [9.17, 15) is 14.7 Å². The number of carbonyl (C=O) groups excluding carboxylic acids is 2. The molecule has 2 atom stereocenters. The standard InChI is InChI=1S/C19H27AsN2O3/c1-12-8-9-15(13(2)10-12)18(24)21-22-19(25)17(23)16(20)11-14-6-4-3-5-7-14/h8-10,14,16-17,23H,3-7,11H2,1-2H3,(H,21,24)(H,22,25)/t16-,17?/m1/s1. The van der Waals surface area contributed by atoms with Gasteiger partial charge in [-0.3, -0.25) is 0 Å². The first-order chi connectivity index (χ1) is 11.9. The molecule has 1 unspecified atom stereocenters. The summed E-state index contributed by atoms with van der Waals surface area (Å²) in [5.74, 6) is -0.374. The summed E-state index contributed by atoms with van der Waals surface area (Å²) in [7, 11) is 0. The van der Waals surface area contributed by atoms with Crippen molar-refractivity contribution in [3.05, 3.63) is 34.9 Å². The van der Waals surface area contributed by atoms with Crippen LogP contribution in [-0.2, 0) is 4.79 Å². The Morgan fingerprint density at radius 1 is 1.20 bits per heavy atom. The van der Waals surface area contributed by atoms with Crippen LogP contribution in [-0.4, -0.2) is 39.9 Å². The molecule has 0 spiro atoms. The molecule has 5 nitrogen and oxygen atoms in total. The van der Waals surface area contributed by atoms with E-state index >= 15 is 0 Å². The molecule has 2 radical (unpaired) electrons. The van der Waals surface area contributed by atoms with Gasteiger partial charge < -0.3 is 0 Å². The summed E-state index contributed by atoms with van der Waals surface area (Å²) < 4.78 is -0.186. The molecule has 1 aromatic carbocycles. The molecule has 6 heteroatoms. The third-order valence-corrected chi connectivity index (χ3v) is 5.89. The van der Waals surface area contributed by atoms with E-state index in [4.69, 9.17) is 0 Å². The second kappa shape index (κ2) is 9.40. The van der Waals surface area contributed by atoms with E-state index in [1.54, 1.807) is 6.07 Å². The van der Waals surface area contributed by atoms with Crippen molar-refractivity contribution in [2.24, 2.45) is 5.92 Å². The first-order valence-electron chi connectivity index (χ1n) is 8.92. The third-order valence-electron chi connectivity index (χ3n) is 4.86. The number of rotatable bonds is 5. The van der Waals surface area contributed by atoms with Crippen molar-refractivity contribution in [2.75, 3.05) is 0 Å². The molecule has 0 saturated heterocycles. The SMILES string of the molecule is Cc1ccc(C(=O)NNC(=O)C(O)[C@H]([As])CC2CCCCC2)c(C)c1. The van der Waals surface area contributed by atoms with Crippen LogP contribution in [0.4, 0.5) is 0 Å². The average Bonchev–Trinajstić information content (AvgIpc) is 2.59. The predicted molar refractivity (Wildman–Crippen MR) is 98.2 cm³/mol. The fourth-order valence-corrected chi connectivity index (χ4v) is 4.31. The second-order valence-corrected chi connectivity index (χ2v) is 8.41. The first kappa shape index (κ1) is 20.0. The van der Waals surface area contributed by atoms with Crippen molar-refractivity contribution in [1.29, 1.82) is 0 Å². The van der Waals surface area contributed by atoms with Crippen LogP contribution in [0.1, 0.15) is 60.0 Å². The number of hydrogen-bond donors (Lipinski definition) is 3. The number of carbonyl (C=O) groups is 2. The maximum absolute atomic E-state index is 12.2. The first-order valence-corrected chi connectivity index (χ1v) is 10.0. The van der Waals surface area contributed by atoms with E-state index in [2.05, 4.69) is 27.7 Å². The van der Waals surface area contributed by atoms with Gasteiger partial charge in [-0.25, -0.2) is 0 Å². The van der Waals surface area contributed by atoms with Gasteiger partial charge >= 0.3 is 158 Å². The van der Waals surface area contributed by atoms with Crippen LogP contribution < -0.4 is 10.9 Å². The summed E-state index contributed by atoms with van der Waals surface area (Å²) in [6.07, 6.45) is 5.78. The van der Waals surface area contributed by atoms with E-state index in [1.165, 1.54) is 32.1 Å². The fraction of sp³-hybridized carbons (Fsp3) is 0.579. The van der Waals surface area contributed by atoms with Crippen LogP contribution in [0.25, 0.3) is 0 Å². The Morgan fingerprint density at radius 2 is 1.88 bits per heavy atom. The zero-order valence-corrected chi connectivity index (χ0v) is 16.8. The van der Waals surface area contributed by atoms with Gasteiger partial charge in [-0.15, -0.1) is 0 Å². The summed E-state index contributed by atoms with van der Waals surface area (Å²) in [5, 5.41) is 10.2. The van der Waals surface area contributed by atoms with Crippen LogP contribution in [0.3, 0.4) is 0 Å². The summed E-state index contributed by atoms with van der Waals surface area (Å²) in [6.45, 7) is 3.81. The van der Waals surface area contributed by atoms with Gasteiger partial charge in [0.05, 0.1) is 0 Å². The summed E-state index contributed by atoms with van der Waals surface area (Å²) in [6, 6.07) is 5.49. The molecule has 0 heterocycles. The molecule has 1 fully saturated rings. The molecular formula is C19H27AsN2O3. The van der Waals surface area contributed by atoms with Gasteiger partial charge in [0.2, 0.25) is 0 Å². The number of aliphatic hydroxyl groups is 1. The molecule has 1 aromatic rings. The van der Waals surface area contributed by atoms with Gasteiger partial charge in [0.15, 0.2) is 0 Å². The topological polar surface area (TPSA) is 78.4 Å². The number of benzene rings is 1. The Bertz CT molecular complexity index is 615. The Kier molecular flexibility index (Phi) is 7.52. The van der Waals surface area contributed by atoms with Crippen molar-refractivity contribution in [1.82, 2.24) is 10.9 Å². The van der Waals surface area contributed by atoms with Gasteiger partial charge in [-0.2, -0.15) is 0 Å². The van der Waals surface area contributed by atoms with E-state index in [1.807, 2.05) is 26.0 Å². The molecule has 2 rings (SSSR count). The molecule has 0 aromatic heterocycles. The monoisotopic (exact) mass is 406 g/mol. The Balaban J connectivity index is 1.82. The third kappa shape index (κ3) is 5.86. The van der Waals surface area contributed by atoms with Crippen molar-refractivity contribution in [2.45, 2.75) is 63.2 Å². The Morgan fingerprint density at radius 3 is 2.52 bits per heavy atom. The molecule has 1 aliphatic rings. The van der Waals surface area contributed by atoms with Gasteiger partial charge in [-0.05, 0) is 0 Å². The molecule has 25 heavy (non-hydrogen) atoms. The molecule has 3 N–H and O–H groups in total. The van der Waals surface area contributed by atoms with Crippen molar-refractivity contribution in [3.8, 4) is 0 Å². The van der Waals surface area contributed by atoms with Crippen LogP contribution in [0.5, 0.6) is 0 Å². The molecule has 0 bridgehead atoms. The van der Waals surface area contributed by atoms with Gasteiger partial charge in [-0.1, -0.05) is 0 Å². The quantitative estimate of drug-likeness (QED) is 0.519. The fourth-order valence-electron chi connectivity index (χ4n) is 3.40. The Labute approximate surface area is 158 Å². The van der Waals surface area contributed by atoms with Gasteiger partial charge in [0, 0.05) is 0 Å². The summed E-state index contributed by atoms with van der Waals surface area (Å²) in [4.78, 5) is 24.3. The molecule has 1 saturated carbocycles. The number of hydrogen-bond acceptors (Lipinski definition) is 3. The normalized spacial score (nSPS) is 17.6. The van der Waals surface area contributed by atoms with E-state index in [-0.39, 0.29) is 10.6 Å². The van der Waals surface area contributed by atoms with Crippen LogP contribution in [0.15, 0.2) is 18.2 Å². The van der Waals surface area contributed by atoms with Crippen LogP contribution in [0.2, 0.25) is 4.71 Å². The molecule has 136 valence electrons. The van der Waals surface area contributed by atoms with Gasteiger partial charge in [0.25, 0.3) is 0 Å². The van der Waals surface area contributed by atoms with Crippen LogP contribution in [0, 0.1) is 19.8 Å². The van der Waals surface area contributed by atoms with E-state index < -0.39 is 12.0 Å². The molecule has 0 aliphatic heterocycles. The van der Waals surface area contributed by atoms with Crippen molar-refractivity contribution >= 4 is 28.7 Å². The molecular weight excluding hydrogens is 379 g/mol. The predicted octanol–water partition coefficient (Wildman–Crippen LogP) is 2.35. The molecule has 2 amide bonds. The van der Waals surface area contributed by atoms with Crippen molar-refractivity contribution in [3.63, 3.8) is 0 Å². The zero-order chi connectivity index (χ0) is 18.4. The van der Waals surface area contributed by atoms with Crippen molar-refractivity contribution < 1.29 is 14.7 Å². The minimum atomic E-state index is -1.14. The average molecular weight is 406 g/mol. The summed E-state index contributed by atoms with van der Waals surface area (Å²) >= 11 is 2.40. The minimum absolute atomic E-state index is 0.186. The number of amides is 2. The van der Waals surface area contributed by atoms with E-state index in [0.717, 1.165) is 17.5 Å². The second-order valence-electron chi connectivity index (χ2n) is 7.01. The number of aliphatic hydroxyl groups excluding tert-OH is 1. The van der Waals surface area contributed by atoms with Gasteiger partial charge in [0.1, 0.15) is 0 Å². The molecule has 1 aliphatic carbocycles. The Hall–Kier alpha value is -1.32. The number of nitrogens with one attached hydrogen (secondary N) is 2. The summed E-state index contributed by atoms with van der Waals surface area (Å²) in [5.41, 5.74) is 7.16. The van der Waals surface area contributed by atoms with Crippen LogP contribution >= 0.6 is 0 Å². The van der Waals surface area contributed by atoms with E-state index in [0.29, 0.717) is 11.5 Å². The number of hydrazine groups is 1. The zero-order valence-electron chi connectivity index (χ0n) is 14.9.